The second kappa shape index (κ2) is 5.96. The van der Waals surface area contributed by atoms with E-state index >= 15 is 0 Å². The topological polar surface area (TPSA) is 70.8 Å². The second-order valence-corrected chi connectivity index (χ2v) is 6.12. The van der Waals surface area contributed by atoms with Crippen molar-refractivity contribution in [3.8, 4) is 0 Å². The summed E-state index contributed by atoms with van der Waals surface area (Å²) in [5, 5.41) is 9.46. The van der Waals surface area contributed by atoms with Gasteiger partial charge in [-0.15, -0.1) is 0 Å². The lowest BCUT2D eigenvalue weighted by atomic mass is 9.89. The molecule has 1 aromatic heterocycles. The Morgan fingerprint density at radius 2 is 1.91 bits per heavy atom. The summed E-state index contributed by atoms with van der Waals surface area (Å²) in [7, 11) is 0. The van der Waals surface area contributed by atoms with Crippen LogP contribution in [0.1, 0.15) is 22.0 Å². The standard InChI is InChI=1S/C16H14BrNO4/c17-13-6-7-22-14(13)15(19)18-8-11(12(9-18)16(20)21)10-4-2-1-3-5-10/h1-7,11-12H,8-9H2,(H,20,21)/t11-,12-/m1/s1. The number of nitrogens with zero attached hydrogens (tertiary/aromatic N) is 1. The number of hydrogen-bond donors (Lipinski definition) is 1. The summed E-state index contributed by atoms with van der Waals surface area (Å²) in [6.07, 6.45) is 1.43. The monoisotopic (exact) mass is 363 g/mol. The molecule has 2 heterocycles. The molecule has 1 saturated heterocycles. The molecule has 0 aliphatic carbocycles. The first-order valence-corrected chi connectivity index (χ1v) is 7.67. The fourth-order valence-corrected chi connectivity index (χ4v) is 3.22. The number of rotatable bonds is 3. The zero-order chi connectivity index (χ0) is 15.7. The van der Waals surface area contributed by atoms with Crippen LogP contribution < -0.4 is 0 Å². The Kier molecular flexibility index (Phi) is 4.02. The predicted molar refractivity (Wildman–Crippen MR) is 82.6 cm³/mol. The average molecular weight is 364 g/mol. The van der Waals surface area contributed by atoms with Gasteiger partial charge >= 0.3 is 5.97 Å². The maximum atomic E-state index is 12.5. The van der Waals surface area contributed by atoms with Crippen LogP contribution in [0.3, 0.4) is 0 Å². The summed E-state index contributed by atoms with van der Waals surface area (Å²) >= 11 is 3.26. The van der Waals surface area contributed by atoms with E-state index in [9.17, 15) is 14.7 Å². The number of hydrogen-bond acceptors (Lipinski definition) is 3. The van der Waals surface area contributed by atoms with E-state index in [0.29, 0.717) is 11.0 Å². The van der Waals surface area contributed by atoms with Crippen LogP contribution in [-0.2, 0) is 4.79 Å². The number of likely N-dealkylation sites (tertiary alicyclic amines) is 1. The van der Waals surface area contributed by atoms with Crippen LogP contribution in [0.2, 0.25) is 0 Å². The van der Waals surface area contributed by atoms with Gasteiger partial charge in [0.05, 0.1) is 16.7 Å². The Bertz CT molecular complexity index is 697. The van der Waals surface area contributed by atoms with Gasteiger partial charge in [-0.05, 0) is 27.6 Å². The summed E-state index contributed by atoms with van der Waals surface area (Å²) in [5.41, 5.74) is 0.934. The zero-order valence-corrected chi connectivity index (χ0v) is 13.2. The highest BCUT2D eigenvalue weighted by molar-refractivity contribution is 9.10. The number of carboxylic acid groups (broad SMARTS) is 1. The molecule has 0 spiro atoms. The van der Waals surface area contributed by atoms with E-state index in [4.69, 9.17) is 4.42 Å². The number of carboxylic acids is 1. The number of furan rings is 1. The Labute approximate surface area is 135 Å². The summed E-state index contributed by atoms with van der Waals surface area (Å²) in [6, 6.07) is 11.1. The molecule has 1 fully saturated rings. The van der Waals surface area contributed by atoms with Gasteiger partial charge in [-0.1, -0.05) is 30.3 Å². The van der Waals surface area contributed by atoms with Crippen molar-refractivity contribution in [3.05, 3.63) is 58.5 Å². The van der Waals surface area contributed by atoms with E-state index in [1.54, 1.807) is 11.0 Å². The Hall–Kier alpha value is -2.08. The number of benzene rings is 1. The minimum absolute atomic E-state index is 0.181. The molecule has 0 bridgehead atoms. The van der Waals surface area contributed by atoms with Gasteiger partial charge in [0.15, 0.2) is 0 Å². The number of halogens is 1. The van der Waals surface area contributed by atoms with Crippen molar-refractivity contribution >= 4 is 27.8 Å². The summed E-state index contributed by atoms with van der Waals surface area (Å²) in [6.45, 7) is 0.549. The van der Waals surface area contributed by atoms with Crippen LogP contribution in [0.25, 0.3) is 0 Å². The van der Waals surface area contributed by atoms with Gasteiger partial charge in [0.1, 0.15) is 0 Å². The van der Waals surface area contributed by atoms with Crippen molar-refractivity contribution in [1.29, 1.82) is 0 Å². The summed E-state index contributed by atoms with van der Waals surface area (Å²) < 4.78 is 5.77. The van der Waals surface area contributed by atoms with Crippen molar-refractivity contribution < 1.29 is 19.1 Å². The van der Waals surface area contributed by atoms with E-state index in [1.165, 1.54) is 6.26 Å². The quantitative estimate of drug-likeness (QED) is 0.909. The fourth-order valence-electron chi connectivity index (χ4n) is 2.85. The SMILES string of the molecule is O=C(O)[C@@H]1CN(C(=O)c2occc2Br)C[C@@H]1c1ccccc1. The first-order valence-electron chi connectivity index (χ1n) is 6.88. The summed E-state index contributed by atoms with van der Waals surface area (Å²) in [5.74, 6) is -1.79. The van der Waals surface area contributed by atoms with Crippen molar-refractivity contribution in [3.63, 3.8) is 0 Å². The molecule has 2 aromatic rings. The minimum atomic E-state index is -0.886. The van der Waals surface area contributed by atoms with Crippen molar-refractivity contribution in [2.75, 3.05) is 13.1 Å². The van der Waals surface area contributed by atoms with Crippen LogP contribution in [0.15, 0.2) is 51.6 Å². The van der Waals surface area contributed by atoms with E-state index in [-0.39, 0.29) is 24.1 Å². The molecule has 1 N–H and O–H groups in total. The van der Waals surface area contributed by atoms with Crippen molar-refractivity contribution in [2.24, 2.45) is 5.92 Å². The number of amides is 1. The first kappa shape index (κ1) is 14.8. The molecule has 1 amide bonds. The molecule has 6 heteroatoms. The highest BCUT2D eigenvalue weighted by Crippen LogP contribution is 2.34. The van der Waals surface area contributed by atoms with E-state index < -0.39 is 11.9 Å². The zero-order valence-electron chi connectivity index (χ0n) is 11.6. The molecule has 1 aliphatic rings. The van der Waals surface area contributed by atoms with Crippen LogP contribution in [-0.4, -0.2) is 35.0 Å². The molecule has 0 radical (unpaired) electrons. The van der Waals surface area contributed by atoms with Gasteiger partial charge in [-0.2, -0.15) is 0 Å². The molecule has 22 heavy (non-hydrogen) atoms. The Morgan fingerprint density at radius 3 is 2.50 bits per heavy atom. The molecular formula is C16H14BrNO4. The normalized spacial score (nSPS) is 21.0. The molecule has 5 nitrogen and oxygen atoms in total. The Balaban J connectivity index is 1.86. The second-order valence-electron chi connectivity index (χ2n) is 5.27. The lowest BCUT2D eigenvalue weighted by Crippen LogP contribution is -2.29. The fraction of sp³-hybridized carbons (Fsp3) is 0.250. The van der Waals surface area contributed by atoms with Gasteiger partial charge in [0, 0.05) is 19.0 Å². The van der Waals surface area contributed by atoms with Gasteiger partial charge in [-0.25, -0.2) is 0 Å². The third kappa shape index (κ3) is 2.66. The van der Waals surface area contributed by atoms with E-state index in [2.05, 4.69) is 15.9 Å². The van der Waals surface area contributed by atoms with Gasteiger partial charge < -0.3 is 14.4 Å². The molecule has 114 valence electrons. The highest BCUT2D eigenvalue weighted by Gasteiger charge is 2.41. The molecule has 2 atom stereocenters. The molecule has 3 rings (SSSR count). The van der Waals surface area contributed by atoms with Crippen LogP contribution in [0.4, 0.5) is 0 Å². The molecular weight excluding hydrogens is 350 g/mol. The Morgan fingerprint density at radius 1 is 1.18 bits per heavy atom. The number of carbonyl (C=O) groups is 2. The van der Waals surface area contributed by atoms with Crippen molar-refractivity contribution in [1.82, 2.24) is 4.90 Å². The third-order valence-corrected chi connectivity index (χ3v) is 4.59. The summed E-state index contributed by atoms with van der Waals surface area (Å²) in [4.78, 5) is 25.6. The van der Waals surface area contributed by atoms with Gasteiger partial charge in [-0.3, -0.25) is 9.59 Å². The van der Waals surface area contributed by atoms with E-state index in [1.807, 2.05) is 30.3 Å². The van der Waals surface area contributed by atoms with Crippen LogP contribution in [0.5, 0.6) is 0 Å². The smallest absolute Gasteiger partial charge is 0.308 e. The van der Waals surface area contributed by atoms with Crippen LogP contribution >= 0.6 is 15.9 Å². The van der Waals surface area contributed by atoms with Crippen molar-refractivity contribution in [2.45, 2.75) is 5.92 Å². The average Bonchev–Trinajstić information content (AvgIpc) is 3.14. The lowest BCUT2D eigenvalue weighted by molar-refractivity contribution is -0.141. The molecule has 0 saturated carbocycles. The molecule has 0 unspecified atom stereocenters. The maximum Gasteiger partial charge on any atom is 0.308 e. The molecule has 1 aromatic carbocycles. The highest BCUT2D eigenvalue weighted by atomic mass is 79.9. The van der Waals surface area contributed by atoms with E-state index in [0.717, 1.165) is 5.56 Å². The molecule has 1 aliphatic heterocycles. The minimum Gasteiger partial charge on any atom is -0.481 e. The largest absolute Gasteiger partial charge is 0.481 e. The number of carbonyl (C=O) groups excluding carboxylic acids is 1. The van der Waals surface area contributed by atoms with Gasteiger partial charge in [0.25, 0.3) is 5.91 Å². The van der Waals surface area contributed by atoms with Gasteiger partial charge in [0.2, 0.25) is 5.76 Å². The lowest BCUT2D eigenvalue weighted by Gasteiger charge is -2.15. The maximum absolute atomic E-state index is 12.5. The van der Waals surface area contributed by atoms with Crippen LogP contribution in [0, 0.1) is 5.92 Å². The third-order valence-electron chi connectivity index (χ3n) is 3.96. The number of aliphatic carboxylic acids is 1. The first-order chi connectivity index (χ1) is 10.6. The predicted octanol–water partition coefficient (Wildman–Crippen LogP) is 2.98.